The van der Waals surface area contributed by atoms with Crippen molar-refractivity contribution in [1.82, 2.24) is 0 Å². The van der Waals surface area contributed by atoms with E-state index >= 15 is 0 Å². The summed E-state index contributed by atoms with van der Waals surface area (Å²) in [7, 11) is 0. The van der Waals surface area contributed by atoms with Crippen molar-refractivity contribution in [2.45, 2.75) is 33.3 Å². The van der Waals surface area contributed by atoms with Gasteiger partial charge in [0.15, 0.2) is 0 Å². The molecule has 0 amide bonds. The minimum Gasteiger partial charge on any atom is -0.376 e. The van der Waals surface area contributed by atoms with Crippen LogP contribution in [0.3, 0.4) is 0 Å². The van der Waals surface area contributed by atoms with Crippen molar-refractivity contribution in [3.63, 3.8) is 0 Å². The Morgan fingerprint density at radius 3 is 2.25 bits per heavy atom. The third-order valence-corrected chi connectivity index (χ3v) is 4.49. The highest BCUT2D eigenvalue weighted by molar-refractivity contribution is 9.09. The molecule has 1 aromatic rings. The first-order chi connectivity index (χ1) is 7.76. The molecule has 0 unspecified atom stereocenters. The largest absolute Gasteiger partial charge is 0.376 e. The zero-order valence-corrected chi connectivity index (χ0v) is 11.8. The Bertz CT molecular complexity index is 272. The van der Waals surface area contributed by atoms with E-state index in [-0.39, 0.29) is 0 Å². The Morgan fingerprint density at radius 1 is 1.12 bits per heavy atom. The summed E-state index contributed by atoms with van der Waals surface area (Å²) in [5.74, 6) is 0. The Kier molecular flexibility index (Phi) is 6.07. The normalized spacial score (nSPS) is 11.7. The molecule has 1 aromatic carbocycles. The van der Waals surface area contributed by atoms with Gasteiger partial charge in [-0.05, 0) is 18.4 Å². The zero-order valence-electron chi connectivity index (χ0n) is 10.2. The molecule has 0 fully saturated rings. The standard InChI is InChI=1S/C14H21BrO/c1-3-14(4-2,11-15)12-16-10-13-8-6-5-7-9-13/h5-9H,3-4,10-12H2,1-2H3. The van der Waals surface area contributed by atoms with E-state index < -0.39 is 0 Å². The molecule has 0 heterocycles. The van der Waals surface area contributed by atoms with Crippen molar-refractivity contribution >= 4 is 15.9 Å². The fraction of sp³-hybridized carbons (Fsp3) is 0.571. The lowest BCUT2D eigenvalue weighted by Crippen LogP contribution is -2.27. The molecule has 0 radical (unpaired) electrons. The van der Waals surface area contributed by atoms with Crippen LogP contribution in [0.25, 0.3) is 0 Å². The lowest BCUT2D eigenvalue weighted by atomic mass is 9.86. The molecule has 0 saturated carbocycles. The van der Waals surface area contributed by atoms with E-state index in [2.05, 4.69) is 54.0 Å². The van der Waals surface area contributed by atoms with E-state index in [0.717, 1.165) is 31.4 Å². The minimum atomic E-state index is 0.300. The van der Waals surface area contributed by atoms with Gasteiger partial charge in [-0.2, -0.15) is 0 Å². The van der Waals surface area contributed by atoms with Crippen molar-refractivity contribution in [3.8, 4) is 0 Å². The summed E-state index contributed by atoms with van der Waals surface area (Å²) in [5.41, 5.74) is 1.55. The molecule has 0 aromatic heterocycles. The van der Waals surface area contributed by atoms with Crippen LogP contribution in [-0.2, 0) is 11.3 Å². The third-order valence-electron chi connectivity index (χ3n) is 3.30. The van der Waals surface area contributed by atoms with Crippen molar-refractivity contribution in [3.05, 3.63) is 35.9 Å². The van der Waals surface area contributed by atoms with E-state index in [1.807, 2.05) is 6.07 Å². The van der Waals surface area contributed by atoms with Crippen molar-refractivity contribution in [1.29, 1.82) is 0 Å². The Balaban J connectivity index is 2.39. The van der Waals surface area contributed by atoms with Gasteiger partial charge < -0.3 is 4.74 Å². The number of halogens is 1. The van der Waals surface area contributed by atoms with Crippen molar-refractivity contribution in [2.75, 3.05) is 11.9 Å². The molecular formula is C14H21BrO. The number of rotatable bonds is 7. The van der Waals surface area contributed by atoms with E-state index in [9.17, 15) is 0 Å². The summed E-state index contributed by atoms with van der Waals surface area (Å²) in [6.07, 6.45) is 2.31. The van der Waals surface area contributed by atoms with Gasteiger partial charge in [-0.15, -0.1) is 0 Å². The molecule has 0 aliphatic rings. The van der Waals surface area contributed by atoms with Crippen LogP contribution >= 0.6 is 15.9 Å². The maximum atomic E-state index is 5.83. The third kappa shape index (κ3) is 3.91. The number of hydrogen-bond acceptors (Lipinski definition) is 1. The molecule has 1 rings (SSSR count). The van der Waals surface area contributed by atoms with Gasteiger partial charge in [-0.25, -0.2) is 0 Å². The molecule has 2 heteroatoms. The monoisotopic (exact) mass is 284 g/mol. The second-order valence-electron chi connectivity index (χ2n) is 4.32. The number of alkyl halides is 1. The van der Waals surface area contributed by atoms with Gasteiger partial charge in [-0.1, -0.05) is 60.1 Å². The summed E-state index contributed by atoms with van der Waals surface area (Å²) in [5, 5.41) is 1.02. The maximum absolute atomic E-state index is 5.83. The molecular weight excluding hydrogens is 264 g/mol. The average Bonchev–Trinajstić information content (AvgIpc) is 2.37. The minimum absolute atomic E-state index is 0.300. The lowest BCUT2D eigenvalue weighted by Gasteiger charge is -2.29. The van der Waals surface area contributed by atoms with Crippen LogP contribution in [0.5, 0.6) is 0 Å². The van der Waals surface area contributed by atoms with Gasteiger partial charge in [0.2, 0.25) is 0 Å². The first-order valence-corrected chi connectivity index (χ1v) is 7.06. The highest BCUT2D eigenvalue weighted by Crippen LogP contribution is 2.29. The first-order valence-electron chi connectivity index (χ1n) is 5.94. The van der Waals surface area contributed by atoms with Gasteiger partial charge in [-0.3, -0.25) is 0 Å². The van der Waals surface area contributed by atoms with Crippen LogP contribution in [0.1, 0.15) is 32.3 Å². The predicted molar refractivity (Wildman–Crippen MR) is 72.9 cm³/mol. The van der Waals surface area contributed by atoms with E-state index in [0.29, 0.717) is 5.41 Å². The molecule has 0 aliphatic carbocycles. The summed E-state index contributed by atoms with van der Waals surface area (Å²) in [4.78, 5) is 0. The summed E-state index contributed by atoms with van der Waals surface area (Å²) >= 11 is 3.60. The molecule has 1 nitrogen and oxygen atoms in total. The summed E-state index contributed by atoms with van der Waals surface area (Å²) in [6, 6.07) is 10.3. The molecule has 0 bridgehead atoms. The molecule has 0 N–H and O–H groups in total. The molecule has 0 spiro atoms. The fourth-order valence-electron chi connectivity index (χ4n) is 1.64. The van der Waals surface area contributed by atoms with Crippen LogP contribution in [0.2, 0.25) is 0 Å². The van der Waals surface area contributed by atoms with E-state index in [1.165, 1.54) is 5.56 Å². The van der Waals surface area contributed by atoms with Crippen LogP contribution < -0.4 is 0 Å². The van der Waals surface area contributed by atoms with Gasteiger partial charge in [0.1, 0.15) is 0 Å². The summed E-state index contributed by atoms with van der Waals surface area (Å²) < 4.78 is 5.83. The number of ether oxygens (including phenoxy) is 1. The zero-order chi connectivity index (χ0) is 11.9. The SMILES string of the molecule is CCC(CC)(CBr)COCc1ccccc1. The van der Waals surface area contributed by atoms with Crippen molar-refractivity contribution in [2.24, 2.45) is 5.41 Å². The quantitative estimate of drug-likeness (QED) is 0.674. The Morgan fingerprint density at radius 2 is 1.75 bits per heavy atom. The van der Waals surface area contributed by atoms with Gasteiger partial charge in [0.25, 0.3) is 0 Å². The smallest absolute Gasteiger partial charge is 0.0717 e. The molecule has 0 saturated heterocycles. The second-order valence-corrected chi connectivity index (χ2v) is 4.88. The Labute approximate surface area is 107 Å². The predicted octanol–water partition coefficient (Wildman–Crippen LogP) is 4.40. The van der Waals surface area contributed by atoms with E-state index in [1.54, 1.807) is 0 Å². The fourth-order valence-corrected chi connectivity index (χ4v) is 2.60. The maximum Gasteiger partial charge on any atom is 0.0717 e. The van der Waals surface area contributed by atoms with Gasteiger partial charge in [0.05, 0.1) is 13.2 Å². The topological polar surface area (TPSA) is 9.23 Å². The molecule has 0 aliphatic heterocycles. The highest BCUT2D eigenvalue weighted by Gasteiger charge is 2.24. The second kappa shape index (κ2) is 7.08. The number of hydrogen-bond donors (Lipinski definition) is 0. The number of benzene rings is 1. The van der Waals surface area contributed by atoms with E-state index in [4.69, 9.17) is 4.74 Å². The lowest BCUT2D eigenvalue weighted by molar-refractivity contribution is 0.0413. The molecule has 90 valence electrons. The first kappa shape index (κ1) is 13.7. The van der Waals surface area contributed by atoms with Crippen molar-refractivity contribution < 1.29 is 4.74 Å². The van der Waals surface area contributed by atoms with Crippen LogP contribution in [-0.4, -0.2) is 11.9 Å². The Hall–Kier alpha value is -0.340. The van der Waals surface area contributed by atoms with Crippen LogP contribution in [0, 0.1) is 5.41 Å². The van der Waals surface area contributed by atoms with Gasteiger partial charge in [0, 0.05) is 10.7 Å². The average molecular weight is 285 g/mol. The van der Waals surface area contributed by atoms with Crippen LogP contribution in [0.4, 0.5) is 0 Å². The molecule has 0 atom stereocenters. The van der Waals surface area contributed by atoms with Gasteiger partial charge >= 0.3 is 0 Å². The highest BCUT2D eigenvalue weighted by atomic mass is 79.9. The van der Waals surface area contributed by atoms with Crippen LogP contribution in [0.15, 0.2) is 30.3 Å². The summed E-state index contributed by atoms with van der Waals surface area (Å²) in [6.45, 7) is 6.02. The molecule has 16 heavy (non-hydrogen) atoms.